The number of hydrogen-bond acceptors (Lipinski definition) is 3. The number of benzene rings is 1. The molecule has 0 atom stereocenters. The number of carbonyl (C=O) groups excluding carboxylic acids is 2. The molecule has 2 N–H and O–H groups in total. The Morgan fingerprint density at radius 3 is 2.31 bits per heavy atom. The molecule has 0 radical (unpaired) electrons. The smallest absolute Gasteiger partial charge is 0.253 e. The van der Waals surface area contributed by atoms with Crippen LogP contribution < -0.4 is 5.73 Å². The molecular weight excluding hydrogens is 373 g/mol. The highest BCUT2D eigenvalue weighted by molar-refractivity contribution is 6.30. The van der Waals surface area contributed by atoms with Gasteiger partial charge in [-0.3, -0.25) is 9.59 Å². The number of rotatable bonds is 5. The molecule has 1 heterocycles. The summed E-state index contributed by atoms with van der Waals surface area (Å²) in [4.78, 5) is 29.4. The predicted molar refractivity (Wildman–Crippen MR) is 108 cm³/mol. The molecule has 7 heteroatoms. The van der Waals surface area contributed by atoms with Crippen LogP contribution in [0.5, 0.6) is 0 Å². The van der Waals surface area contributed by atoms with Crippen molar-refractivity contribution in [2.75, 3.05) is 32.7 Å². The van der Waals surface area contributed by atoms with E-state index in [4.69, 9.17) is 17.3 Å². The molecular formula is C19H29Cl2N3O2. The van der Waals surface area contributed by atoms with Gasteiger partial charge < -0.3 is 15.5 Å². The summed E-state index contributed by atoms with van der Waals surface area (Å²) in [5, 5.41) is 0.552. The second-order valence-corrected chi connectivity index (χ2v) is 7.08. The standard InChI is InChI=1S/C19H28ClN3O2.ClH/c1-3-19(4-2,14-21)18(25)23-10-6-9-22(11-12-23)17(24)15-7-5-8-16(20)13-15;/h5,7-8,13H,3-4,6,9-12,14,21H2,1-2H3;1H. The molecule has 1 aliphatic rings. The van der Waals surface area contributed by atoms with E-state index >= 15 is 0 Å². The van der Waals surface area contributed by atoms with E-state index in [1.54, 1.807) is 29.2 Å². The van der Waals surface area contributed by atoms with E-state index in [9.17, 15) is 9.59 Å². The van der Waals surface area contributed by atoms with E-state index in [1.165, 1.54) is 0 Å². The molecule has 2 amide bonds. The number of halogens is 2. The zero-order chi connectivity index (χ0) is 18.4. The first-order chi connectivity index (χ1) is 12.0. The highest BCUT2D eigenvalue weighted by Crippen LogP contribution is 2.28. The Morgan fingerprint density at radius 1 is 1.12 bits per heavy atom. The third kappa shape index (κ3) is 4.90. The van der Waals surface area contributed by atoms with Gasteiger partial charge in [-0.15, -0.1) is 12.4 Å². The number of nitrogens with zero attached hydrogens (tertiary/aromatic N) is 2. The van der Waals surface area contributed by atoms with Gasteiger partial charge in [0, 0.05) is 43.3 Å². The van der Waals surface area contributed by atoms with E-state index in [0.29, 0.717) is 43.3 Å². The number of nitrogens with two attached hydrogens (primary N) is 1. The maximum Gasteiger partial charge on any atom is 0.253 e. The van der Waals surface area contributed by atoms with E-state index < -0.39 is 5.41 Å². The molecule has 1 saturated heterocycles. The van der Waals surface area contributed by atoms with Gasteiger partial charge in [-0.25, -0.2) is 0 Å². The zero-order valence-electron chi connectivity index (χ0n) is 15.5. The Labute approximate surface area is 167 Å². The van der Waals surface area contributed by atoms with Crippen LogP contribution in [0.15, 0.2) is 24.3 Å². The molecule has 1 aromatic carbocycles. The second-order valence-electron chi connectivity index (χ2n) is 6.64. The van der Waals surface area contributed by atoms with Gasteiger partial charge in [0.25, 0.3) is 5.91 Å². The highest BCUT2D eigenvalue weighted by Gasteiger charge is 2.37. The average Bonchev–Trinajstić information content (AvgIpc) is 2.89. The third-order valence-corrected chi connectivity index (χ3v) is 5.57. The molecule has 26 heavy (non-hydrogen) atoms. The van der Waals surface area contributed by atoms with Crippen molar-refractivity contribution in [2.45, 2.75) is 33.1 Å². The van der Waals surface area contributed by atoms with Gasteiger partial charge in [0.15, 0.2) is 0 Å². The summed E-state index contributed by atoms with van der Waals surface area (Å²) >= 11 is 5.99. The van der Waals surface area contributed by atoms with Crippen molar-refractivity contribution in [1.82, 2.24) is 9.80 Å². The predicted octanol–water partition coefficient (Wildman–Crippen LogP) is 3.20. The van der Waals surface area contributed by atoms with Crippen molar-refractivity contribution in [2.24, 2.45) is 11.1 Å². The summed E-state index contributed by atoms with van der Waals surface area (Å²) in [6.07, 6.45) is 2.24. The molecule has 1 aromatic rings. The van der Waals surface area contributed by atoms with Crippen LogP contribution in [-0.4, -0.2) is 54.3 Å². The number of hydrogen-bond donors (Lipinski definition) is 1. The van der Waals surface area contributed by atoms with E-state index in [2.05, 4.69) is 0 Å². The molecule has 1 aliphatic heterocycles. The lowest BCUT2D eigenvalue weighted by Gasteiger charge is -2.34. The summed E-state index contributed by atoms with van der Waals surface area (Å²) in [7, 11) is 0. The first-order valence-corrected chi connectivity index (χ1v) is 9.39. The minimum Gasteiger partial charge on any atom is -0.340 e. The largest absolute Gasteiger partial charge is 0.340 e. The van der Waals surface area contributed by atoms with E-state index in [1.807, 2.05) is 18.7 Å². The van der Waals surface area contributed by atoms with Gasteiger partial charge in [-0.05, 0) is 37.5 Å². The summed E-state index contributed by atoms with van der Waals surface area (Å²) in [6, 6.07) is 6.99. The minimum absolute atomic E-state index is 0. The first kappa shape index (κ1) is 22.7. The molecule has 0 spiro atoms. The fraction of sp³-hybridized carbons (Fsp3) is 0.579. The Morgan fingerprint density at radius 2 is 1.73 bits per heavy atom. The molecule has 0 aromatic heterocycles. The van der Waals surface area contributed by atoms with Crippen molar-refractivity contribution in [3.63, 3.8) is 0 Å². The van der Waals surface area contributed by atoms with Crippen LogP contribution in [0.3, 0.4) is 0 Å². The van der Waals surface area contributed by atoms with Crippen molar-refractivity contribution in [3.8, 4) is 0 Å². The lowest BCUT2D eigenvalue weighted by molar-refractivity contribution is -0.142. The van der Waals surface area contributed by atoms with Crippen molar-refractivity contribution in [1.29, 1.82) is 0 Å². The highest BCUT2D eigenvalue weighted by atomic mass is 35.5. The SMILES string of the molecule is CCC(CC)(CN)C(=O)N1CCCN(C(=O)c2cccc(Cl)c2)CC1.Cl. The summed E-state index contributed by atoms with van der Waals surface area (Å²) in [5.74, 6) is 0.0879. The van der Waals surface area contributed by atoms with Crippen molar-refractivity contribution < 1.29 is 9.59 Å². The number of carbonyl (C=O) groups is 2. The number of amides is 2. The monoisotopic (exact) mass is 401 g/mol. The minimum atomic E-state index is -0.480. The van der Waals surface area contributed by atoms with Crippen molar-refractivity contribution >= 4 is 35.8 Å². The second kappa shape index (κ2) is 10.1. The van der Waals surface area contributed by atoms with Gasteiger partial charge in [0.2, 0.25) is 5.91 Å². The summed E-state index contributed by atoms with van der Waals surface area (Å²) in [5.41, 5.74) is 6.03. The molecule has 5 nitrogen and oxygen atoms in total. The summed E-state index contributed by atoms with van der Waals surface area (Å²) < 4.78 is 0. The first-order valence-electron chi connectivity index (χ1n) is 9.01. The van der Waals surface area contributed by atoms with Crippen LogP contribution in [0.4, 0.5) is 0 Å². The topological polar surface area (TPSA) is 66.6 Å². The van der Waals surface area contributed by atoms with Gasteiger partial charge in [-0.2, -0.15) is 0 Å². The van der Waals surface area contributed by atoms with Crippen LogP contribution in [0.1, 0.15) is 43.5 Å². The maximum absolute atomic E-state index is 13.0. The van der Waals surface area contributed by atoms with E-state index in [0.717, 1.165) is 19.3 Å². The van der Waals surface area contributed by atoms with Crippen LogP contribution in [0.25, 0.3) is 0 Å². The Bertz CT molecular complexity index is 612. The van der Waals surface area contributed by atoms with Crippen LogP contribution in [0, 0.1) is 5.41 Å². The van der Waals surface area contributed by atoms with Gasteiger partial charge >= 0.3 is 0 Å². The molecule has 2 rings (SSSR count). The van der Waals surface area contributed by atoms with Gasteiger partial charge in [0.1, 0.15) is 0 Å². The molecule has 0 aliphatic carbocycles. The lowest BCUT2D eigenvalue weighted by Crippen LogP contribution is -2.48. The normalized spacial score (nSPS) is 15.2. The molecule has 0 unspecified atom stereocenters. The fourth-order valence-corrected chi connectivity index (χ4v) is 3.58. The Hall–Kier alpha value is -1.30. The van der Waals surface area contributed by atoms with Gasteiger partial charge in [0.05, 0.1) is 5.41 Å². The van der Waals surface area contributed by atoms with Crippen LogP contribution >= 0.6 is 24.0 Å². The van der Waals surface area contributed by atoms with Crippen LogP contribution in [-0.2, 0) is 4.79 Å². The summed E-state index contributed by atoms with van der Waals surface area (Å²) in [6.45, 7) is 6.78. The molecule has 1 fully saturated rings. The molecule has 0 bridgehead atoms. The lowest BCUT2D eigenvalue weighted by atomic mass is 9.81. The maximum atomic E-state index is 13.0. The Balaban J connectivity index is 0.00000338. The molecule has 146 valence electrons. The fourth-order valence-electron chi connectivity index (χ4n) is 3.39. The molecule has 0 saturated carbocycles. The Kier molecular flexibility index (Phi) is 8.87. The third-order valence-electron chi connectivity index (χ3n) is 5.34. The van der Waals surface area contributed by atoms with Gasteiger partial charge in [-0.1, -0.05) is 31.5 Å². The quantitative estimate of drug-likeness (QED) is 0.823. The average molecular weight is 402 g/mol. The van der Waals surface area contributed by atoms with Crippen molar-refractivity contribution in [3.05, 3.63) is 34.9 Å². The zero-order valence-corrected chi connectivity index (χ0v) is 17.1. The van der Waals surface area contributed by atoms with Crippen LogP contribution in [0.2, 0.25) is 5.02 Å². The van der Waals surface area contributed by atoms with E-state index in [-0.39, 0.29) is 24.2 Å².